The Morgan fingerprint density at radius 1 is 1.26 bits per heavy atom. The smallest absolute Gasteiger partial charge is 0.194 e. The number of hydrogen-bond acceptors (Lipinski definition) is 4. The summed E-state index contributed by atoms with van der Waals surface area (Å²) in [6.45, 7) is 8.65. The van der Waals surface area contributed by atoms with Crippen molar-refractivity contribution in [3.63, 3.8) is 0 Å². The molecule has 2 aliphatic heterocycles. The van der Waals surface area contributed by atoms with Gasteiger partial charge in [-0.05, 0) is 44.8 Å². The Balaban J connectivity index is 1.43. The largest absolute Gasteiger partial charge is 0.389 e. The molecule has 3 rings (SSSR count). The van der Waals surface area contributed by atoms with E-state index in [0.29, 0.717) is 25.8 Å². The number of aliphatic hydroxyl groups excluding tert-OH is 1. The summed E-state index contributed by atoms with van der Waals surface area (Å²) in [6, 6.07) is 10.7. The summed E-state index contributed by atoms with van der Waals surface area (Å²) in [7, 11) is 0. The molecule has 150 valence electrons. The van der Waals surface area contributed by atoms with Gasteiger partial charge in [0.1, 0.15) is 0 Å². The van der Waals surface area contributed by atoms with E-state index in [4.69, 9.17) is 4.74 Å². The van der Waals surface area contributed by atoms with Crippen LogP contribution in [0, 0.1) is 0 Å². The number of aliphatic hydroxyl groups is 1. The van der Waals surface area contributed by atoms with Crippen LogP contribution in [-0.4, -0.2) is 78.9 Å². The van der Waals surface area contributed by atoms with Crippen molar-refractivity contribution in [1.29, 1.82) is 0 Å². The van der Waals surface area contributed by atoms with Crippen molar-refractivity contribution in [1.82, 2.24) is 15.1 Å². The van der Waals surface area contributed by atoms with Crippen molar-refractivity contribution in [2.45, 2.75) is 44.9 Å². The van der Waals surface area contributed by atoms with Crippen molar-refractivity contribution >= 4 is 5.96 Å². The van der Waals surface area contributed by atoms with Gasteiger partial charge in [0.2, 0.25) is 0 Å². The summed E-state index contributed by atoms with van der Waals surface area (Å²) in [6.07, 6.45) is 3.28. The minimum Gasteiger partial charge on any atom is -0.389 e. The molecule has 0 saturated carbocycles. The van der Waals surface area contributed by atoms with Crippen LogP contribution < -0.4 is 5.32 Å². The van der Waals surface area contributed by atoms with Crippen molar-refractivity contribution in [3.05, 3.63) is 35.9 Å². The molecular weight excluding hydrogens is 340 g/mol. The quantitative estimate of drug-likeness (QED) is 0.536. The van der Waals surface area contributed by atoms with Gasteiger partial charge in [0, 0.05) is 25.7 Å². The summed E-state index contributed by atoms with van der Waals surface area (Å²) >= 11 is 0. The molecule has 6 nitrogen and oxygen atoms in total. The van der Waals surface area contributed by atoms with Crippen molar-refractivity contribution in [2.75, 3.05) is 45.9 Å². The lowest BCUT2D eigenvalue weighted by molar-refractivity contribution is 0.0330. The second-order valence-corrected chi connectivity index (χ2v) is 7.48. The number of ether oxygens (including phenoxy) is 1. The topological polar surface area (TPSA) is 60.3 Å². The van der Waals surface area contributed by atoms with Gasteiger partial charge in [-0.15, -0.1) is 0 Å². The molecule has 0 bridgehead atoms. The predicted molar refractivity (Wildman–Crippen MR) is 109 cm³/mol. The molecule has 0 aliphatic carbocycles. The van der Waals surface area contributed by atoms with Gasteiger partial charge in [0.25, 0.3) is 0 Å². The molecule has 2 unspecified atom stereocenters. The van der Waals surface area contributed by atoms with Gasteiger partial charge in [-0.25, -0.2) is 0 Å². The molecular formula is C21H34N4O2. The standard InChI is InChI=1S/C21H34N4O2/c1-2-22-21(25-13-10-19(15-25)24-11-6-7-12-24)23-14-20(26)17-27-16-18-8-4-3-5-9-18/h3-5,8-9,19-20,26H,2,6-7,10-17H2,1H3,(H,22,23). The molecule has 2 heterocycles. The Kier molecular flexibility index (Phi) is 7.93. The maximum atomic E-state index is 10.2. The molecule has 2 fully saturated rings. The maximum Gasteiger partial charge on any atom is 0.194 e. The Labute approximate surface area is 163 Å². The van der Waals surface area contributed by atoms with Crippen LogP contribution in [0.4, 0.5) is 0 Å². The van der Waals surface area contributed by atoms with E-state index in [1.54, 1.807) is 0 Å². The molecule has 2 aliphatic rings. The second kappa shape index (κ2) is 10.6. The Bertz CT molecular complexity index is 575. The SMILES string of the molecule is CCNC(=NCC(O)COCc1ccccc1)N1CCC(N2CCCC2)C1. The van der Waals surface area contributed by atoms with E-state index < -0.39 is 6.10 Å². The van der Waals surface area contributed by atoms with Crippen LogP contribution >= 0.6 is 0 Å². The van der Waals surface area contributed by atoms with Crippen LogP contribution in [0.2, 0.25) is 0 Å². The third-order valence-electron chi connectivity index (χ3n) is 5.33. The zero-order valence-electron chi connectivity index (χ0n) is 16.5. The van der Waals surface area contributed by atoms with E-state index in [9.17, 15) is 5.11 Å². The van der Waals surface area contributed by atoms with Crippen LogP contribution in [0.25, 0.3) is 0 Å². The van der Waals surface area contributed by atoms with Gasteiger partial charge < -0.3 is 20.1 Å². The fourth-order valence-corrected chi connectivity index (χ4v) is 3.90. The predicted octanol–water partition coefficient (Wildman–Crippen LogP) is 1.70. The third-order valence-corrected chi connectivity index (χ3v) is 5.33. The summed E-state index contributed by atoms with van der Waals surface area (Å²) in [5.74, 6) is 0.918. The lowest BCUT2D eigenvalue weighted by Gasteiger charge is -2.25. The Morgan fingerprint density at radius 2 is 2.04 bits per heavy atom. The monoisotopic (exact) mass is 374 g/mol. The minimum absolute atomic E-state index is 0.300. The van der Waals surface area contributed by atoms with Gasteiger partial charge in [0.15, 0.2) is 5.96 Å². The van der Waals surface area contributed by atoms with Crippen LogP contribution in [0.1, 0.15) is 31.7 Å². The molecule has 6 heteroatoms. The minimum atomic E-state index is -0.584. The first-order chi connectivity index (χ1) is 13.3. The van der Waals surface area contributed by atoms with Crippen molar-refractivity contribution in [3.8, 4) is 0 Å². The van der Waals surface area contributed by atoms with E-state index in [1.165, 1.54) is 32.4 Å². The first kappa shape index (κ1) is 20.1. The van der Waals surface area contributed by atoms with E-state index in [2.05, 4.69) is 27.0 Å². The average molecular weight is 375 g/mol. The highest BCUT2D eigenvalue weighted by Gasteiger charge is 2.30. The number of benzene rings is 1. The van der Waals surface area contributed by atoms with Crippen LogP contribution in [0.5, 0.6) is 0 Å². The molecule has 0 radical (unpaired) electrons. The lowest BCUT2D eigenvalue weighted by Crippen LogP contribution is -2.43. The number of likely N-dealkylation sites (tertiary alicyclic amines) is 2. The normalized spacial score (nSPS) is 22.4. The van der Waals surface area contributed by atoms with Gasteiger partial charge in [-0.1, -0.05) is 30.3 Å². The highest BCUT2D eigenvalue weighted by Crippen LogP contribution is 2.20. The van der Waals surface area contributed by atoms with Crippen LogP contribution in [0.15, 0.2) is 35.3 Å². The van der Waals surface area contributed by atoms with E-state index in [1.807, 2.05) is 30.3 Å². The van der Waals surface area contributed by atoms with E-state index in [0.717, 1.165) is 31.2 Å². The van der Waals surface area contributed by atoms with Crippen molar-refractivity contribution < 1.29 is 9.84 Å². The average Bonchev–Trinajstić information content (AvgIpc) is 3.37. The van der Waals surface area contributed by atoms with Crippen LogP contribution in [0.3, 0.4) is 0 Å². The number of nitrogens with one attached hydrogen (secondary N) is 1. The van der Waals surface area contributed by atoms with Crippen LogP contribution in [-0.2, 0) is 11.3 Å². The van der Waals surface area contributed by atoms with Crippen molar-refractivity contribution in [2.24, 2.45) is 4.99 Å². The van der Waals surface area contributed by atoms with Gasteiger partial charge in [-0.2, -0.15) is 0 Å². The summed E-state index contributed by atoms with van der Waals surface area (Å²) < 4.78 is 5.62. The maximum absolute atomic E-state index is 10.2. The Morgan fingerprint density at radius 3 is 2.78 bits per heavy atom. The third kappa shape index (κ3) is 6.19. The van der Waals surface area contributed by atoms with E-state index in [-0.39, 0.29) is 0 Å². The molecule has 2 saturated heterocycles. The first-order valence-corrected chi connectivity index (χ1v) is 10.3. The molecule has 0 amide bonds. The number of rotatable bonds is 8. The van der Waals surface area contributed by atoms with Gasteiger partial charge in [-0.3, -0.25) is 9.89 Å². The molecule has 2 N–H and O–H groups in total. The fraction of sp³-hybridized carbons (Fsp3) is 0.667. The summed E-state index contributed by atoms with van der Waals surface area (Å²) in [5, 5.41) is 13.6. The number of nitrogens with zero attached hydrogens (tertiary/aromatic N) is 3. The lowest BCUT2D eigenvalue weighted by atomic mass is 10.2. The fourth-order valence-electron chi connectivity index (χ4n) is 3.90. The highest BCUT2D eigenvalue weighted by molar-refractivity contribution is 5.80. The van der Waals surface area contributed by atoms with Gasteiger partial charge >= 0.3 is 0 Å². The van der Waals surface area contributed by atoms with E-state index >= 15 is 0 Å². The number of hydrogen-bond donors (Lipinski definition) is 2. The summed E-state index contributed by atoms with van der Waals surface area (Å²) in [5.41, 5.74) is 1.12. The van der Waals surface area contributed by atoms with Gasteiger partial charge in [0.05, 0.1) is 25.9 Å². The summed E-state index contributed by atoms with van der Waals surface area (Å²) in [4.78, 5) is 9.62. The Hall–Kier alpha value is -1.63. The first-order valence-electron chi connectivity index (χ1n) is 10.3. The zero-order chi connectivity index (χ0) is 18.9. The second-order valence-electron chi connectivity index (χ2n) is 7.48. The number of guanidine groups is 1. The molecule has 1 aromatic rings. The zero-order valence-corrected chi connectivity index (χ0v) is 16.5. The molecule has 1 aromatic carbocycles. The molecule has 2 atom stereocenters. The highest BCUT2D eigenvalue weighted by atomic mass is 16.5. The molecule has 0 spiro atoms. The molecule has 27 heavy (non-hydrogen) atoms. The number of aliphatic imine (C=N–C) groups is 1. The molecule has 0 aromatic heterocycles.